The first-order valence-electron chi connectivity index (χ1n) is 8.66. The highest BCUT2D eigenvalue weighted by atomic mass is 16.5. The lowest BCUT2D eigenvalue weighted by molar-refractivity contribution is 0.0654. The Morgan fingerprint density at radius 3 is 2.76 bits per heavy atom. The third-order valence-electron chi connectivity index (χ3n) is 4.82. The summed E-state index contributed by atoms with van der Waals surface area (Å²) in [7, 11) is 1.62. The van der Waals surface area contributed by atoms with Crippen molar-refractivity contribution in [3.63, 3.8) is 0 Å². The van der Waals surface area contributed by atoms with E-state index in [-0.39, 0.29) is 11.9 Å². The Labute approximate surface area is 148 Å². The normalized spacial score (nSPS) is 18.9. The highest BCUT2D eigenvalue weighted by molar-refractivity contribution is 5.93. The molecule has 1 aliphatic rings. The first-order valence-corrected chi connectivity index (χ1v) is 8.66. The van der Waals surface area contributed by atoms with Crippen molar-refractivity contribution < 1.29 is 13.9 Å². The molecule has 134 valence electrons. The van der Waals surface area contributed by atoms with Gasteiger partial charge in [0.1, 0.15) is 11.5 Å². The van der Waals surface area contributed by atoms with Crippen LogP contribution in [-0.4, -0.2) is 42.0 Å². The molecule has 0 saturated carbocycles. The molecular formula is C19H25N3O3. The van der Waals surface area contributed by atoms with E-state index in [4.69, 9.17) is 14.9 Å². The average Bonchev–Trinajstić information content (AvgIpc) is 3.03. The lowest BCUT2D eigenvalue weighted by Gasteiger charge is -2.34. The van der Waals surface area contributed by atoms with Crippen LogP contribution in [0.3, 0.4) is 0 Å². The third-order valence-corrected chi connectivity index (χ3v) is 4.82. The molecule has 0 unspecified atom stereocenters. The van der Waals surface area contributed by atoms with Crippen molar-refractivity contribution >= 4 is 5.91 Å². The quantitative estimate of drug-likeness (QED) is 0.923. The maximum Gasteiger partial charge on any atom is 0.276 e. The Morgan fingerprint density at radius 1 is 1.40 bits per heavy atom. The predicted molar refractivity (Wildman–Crippen MR) is 95.5 cm³/mol. The molecule has 1 aliphatic heterocycles. The van der Waals surface area contributed by atoms with E-state index < -0.39 is 0 Å². The average molecular weight is 343 g/mol. The molecule has 2 atom stereocenters. The van der Waals surface area contributed by atoms with Gasteiger partial charge in [0.15, 0.2) is 5.69 Å². The Bertz CT molecular complexity index is 737. The lowest BCUT2D eigenvalue weighted by Crippen LogP contribution is -2.45. The number of amides is 1. The van der Waals surface area contributed by atoms with Crippen molar-refractivity contribution in [2.45, 2.75) is 32.7 Å². The van der Waals surface area contributed by atoms with Crippen LogP contribution < -0.4 is 10.5 Å². The number of carbonyl (C=O) groups excluding carboxylic acids is 1. The second kappa shape index (κ2) is 7.27. The fourth-order valence-corrected chi connectivity index (χ4v) is 3.23. The van der Waals surface area contributed by atoms with Gasteiger partial charge < -0.3 is 19.8 Å². The van der Waals surface area contributed by atoms with Crippen LogP contribution in [0.25, 0.3) is 11.5 Å². The fraction of sp³-hybridized carbons (Fsp3) is 0.474. The van der Waals surface area contributed by atoms with Gasteiger partial charge in [0, 0.05) is 24.7 Å². The van der Waals surface area contributed by atoms with Crippen LogP contribution in [0.5, 0.6) is 5.75 Å². The van der Waals surface area contributed by atoms with Gasteiger partial charge >= 0.3 is 0 Å². The summed E-state index contributed by atoms with van der Waals surface area (Å²) >= 11 is 0. The van der Waals surface area contributed by atoms with Gasteiger partial charge in [-0.2, -0.15) is 0 Å². The highest BCUT2D eigenvalue weighted by Crippen LogP contribution is 2.26. The van der Waals surface area contributed by atoms with Crippen molar-refractivity contribution in [3.05, 3.63) is 35.7 Å². The molecule has 0 aliphatic carbocycles. The van der Waals surface area contributed by atoms with E-state index in [1.165, 1.54) is 0 Å². The molecule has 6 heteroatoms. The molecule has 3 rings (SSSR count). The SMILES string of the molecule is COc1ccc(-c2nc(C(=O)N3CCC[C@H]([C@@H](C)N)C3)c(C)o2)cc1. The second-order valence-corrected chi connectivity index (χ2v) is 6.66. The summed E-state index contributed by atoms with van der Waals surface area (Å²) in [6.45, 7) is 5.20. The van der Waals surface area contributed by atoms with Crippen LogP contribution in [0, 0.1) is 12.8 Å². The van der Waals surface area contributed by atoms with Gasteiger partial charge in [-0.1, -0.05) is 0 Å². The van der Waals surface area contributed by atoms with Gasteiger partial charge in [-0.05, 0) is 56.9 Å². The topological polar surface area (TPSA) is 81.6 Å². The number of likely N-dealkylation sites (tertiary alicyclic amines) is 1. The van der Waals surface area contributed by atoms with E-state index in [1.807, 2.05) is 36.1 Å². The fourth-order valence-electron chi connectivity index (χ4n) is 3.23. The first kappa shape index (κ1) is 17.5. The molecule has 25 heavy (non-hydrogen) atoms. The van der Waals surface area contributed by atoms with E-state index in [9.17, 15) is 4.79 Å². The molecule has 2 aromatic rings. The zero-order chi connectivity index (χ0) is 18.0. The number of nitrogens with zero attached hydrogens (tertiary/aromatic N) is 2. The third kappa shape index (κ3) is 3.69. The van der Waals surface area contributed by atoms with Gasteiger partial charge in [-0.3, -0.25) is 4.79 Å². The Morgan fingerprint density at radius 2 is 2.12 bits per heavy atom. The molecule has 2 heterocycles. The molecule has 1 amide bonds. The van der Waals surface area contributed by atoms with Gasteiger partial charge in [-0.15, -0.1) is 0 Å². The zero-order valence-corrected chi connectivity index (χ0v) is 15.0. The van der Waals surface area contributed by atoms with Crippen LogP contribution in [0.4, 0.5) is 0 Å². The van der Waals surface area contributed by atoms with Crippen LogP contribution in [0.15, 0.2) is 28.7 Å². The summed E-state index contributed by atoms with van der Waals surface area (Å²) in [5.41, 5.74) is 7.22. The molecule has 0 radical (unpaired) electrons. The van der Waals surface area contributed by atoms with Crippen molar-refractivity contribution in [2.75, 3.05) is 20.2 Å². The Balaban J connectivity index is 1.80. The molecular weight excluding hydrogens is 318 g/mol. The minimum atomic E-state index is -0.0774. The number of hydrogen-bond acceptors (Lipinski definition) is 5. The van der Waals surface area contributed by atoms with E-state index in [1.54, 1.807) is 14.0 Å². The number of ether oxygens (including phenoxy) is 1. The predicted octanol–water partition coefficient (Wildman–Crippen LogP) is 2.86. The van der Waals surface area contributed by atoms with Crippen LogP contribution in [-0.2, 0) is 0 Å². The summed E-state index contributed by atoms with van der Waals surface area (Å²) in [5, 5.41) is 0. The Hall–Kier alpha value is -2.34. The lowest BCUT2D eigenvalue weighted by atomic mass is 9.92. The van der Waals surface area contributed by atoms with Gasteiger partial charge in [-0.25, -0.2) is 4.98 Å². The van der Waals surface area contributed by atoms with E-state index in [0.29, 0.717) is 29.8 Å². The van der Waals surface area contributed by atoms with E-state index >= 15 is 0 Å². The zero-order valence-electron chi connectivity index (χ0n) is 15.0. The molecule has 1 aromatic heterocycles. The Kier molecular flexibility index (Phi) is 5.08. The minimum absolute atomic E-state index is 0.0774. The molecule has 1 saturated heterocycles. The van der Waals surface area contributed by atoms with Gasteiger partial charge in [0.2, 0.25) is 5.89 Å². The number of rotatable bonds is 4. The molecule has 2 N–H and O–H groups in total. The number of carbonyl (C=O) groups is 1. The number of hydrogen-bond donors (Lipinski definition) is 1. The maximum atomic E-state index is 12.9. The van der Waals surface area contributed by atoms with Crippen molar-refractivity contribution in [1.82, 2.24) is 9.88 Å². The molecule has 1 fully saturated rings. The number of aromatic nitrogens is 1. The summed E-state index contributed by atoms with van der Waals surface area (Å²) in [6, 6.07) is 7.50. The van der Waals surface area contributed by atoms with Crippen molar-refractivity contribution in [1.29, 1.82) is 0 Å². The molecule has 0 spiro atoms. The molecule has 0 bridgehead atoms. The van der Waals surface area contributed by atoms with Crippen molar-refractivity contribution in [2.24, 2.45) is 11.7 Å². The van der Waals surface area contributed by atoms with Crippen LogP contribution in [0.2, 0.25) is 0 Å². The maximum absolute atomic E-state index is 12.9. The van der Waals surface area contributed by atoms with E-state index in [0.717, 1.165) is 30.7 Å². The monoisotopic (exact) mass is 343 g/mol. The second-order valence-electron chi connectivity index (χ2n) is 6.66. The first-order chi connectivity index (χ1) is 12.0. The summed E-state index contributed by atoms with van der Waals surface area (Å²) in [4.78, 5) is 19.2. The van der Waals surface area contributed by atoms with Crippen LogP contribution >= 0.6 is 0 Å². The summed E-state index contributed by atoms with van der Waals surface area (Å²) < 4.78 is 10.9. The van der Waals surface area contributed by atoms with E-state index in [2.05, 4.69) is 4.98 Å². The van der Waals surface area contributed by atoms with Crippen LogP contribution in [0.1, 0.15) is 36.0 Å². The number of methoxy groups -OCH3 is 1. The highest BCUT2D eigenvalue weighted by Gasteiger charge is 2.29. The standard InChI is InChI=1S/C19H25N3O3/c1-12(20)15-5-4-10-22(11-15)19(23)17-13(2)25-18(21-17)14-6-8-16(24-3)9-7-14/h6-9,12,15H,4-5,10-11,20H2,1-3H3/t12-,15+/m1/s1. The smallest absolute Gasteiger partial charge is 0.276 e. The minimum Gasteiger partial charge on any atom is -0.497 e. The van der Waals surface area contributed by atoms with Gasteiger partial charge in [0.05, 0.1) is 7.11 Å². The largest absolute Gasteiger partial charge is 0.497 e. The number of aryl methyl sites for hydroxylation is 1. The summed E-state index contributed by atoms with van der Waals surface area (Å²) in [6.07, 6.45) is 2.04. The van der Waals surface area contributed by atoms with Gasteiger partial charge in [0.25, 0.3) is 5.91 Å². The number of nitrogens with two attached hydrogens (primary N) is 1. The number of piperidine rings is 1. The number of benzene rings is 1. The van der Waals surface area contributed by atoms with Crippen molar-refractivity contribution in [3.8, 4) is 17.2 Å². The molecule has 1 aromatic carbocycles. The number of oxazole rings is 1. The summed E-state index contributed by atoms with van der Waals surface area (Å²) in [5.74, 6) is 2.01. The molecule has 6 nitrogen and oxygen atoms in total.